The van der Waals surface area contributed by atoms with Gasteiger partial charge < -0.3 is 30.3 Å². The second kappa shape index (κ2) is 8.50. The smallest absolute Gasteiger partial charge is 0 e. The molecule has 0 aliphatic heterocycles. The molecule has 0 unspecified atom stereocenters. The fraction of sp³-hybridized carbons (Fsp3) is 0.286. The van der Waals surface area contributed by atoms with E-state index in [0.717, 1.165) is 0 Å². The molecule has 2 rings (SSSR count). The van der Waals surface area contributed by atoms with Crippen LogP contribution in [-0.4, -0.2) is 0 Å². The van der Waals surface area contributed by atoms with E-state index in [1.807, 2.05) is 30.3 Å². The first kappa shape index (κ1) is 14.2. The normalized spacial score (nSPS) is 8.67. The van der Waals surface area contributed by atoms with Crippen LogP contribution in [0.1, 0.15) is 25.0 Å². The van der Waals surface area contributed by atoms with E-state index in [-0.39, 0.29) is 16.5 Å². The van der Waals surface area contributed by atoms with E-state index in [1.165, 1.54) is 24.0 Å². The molecule has 1 heteroatoms. The van der Waals surface area contributed by atoms with Crippen molar-refractivity contribution in [1.29, 1.82) is 0 Å². The van der Waals surface area contributed by atoms with E-state index in [2.05, 4.69) is 32.0 Å². The van der Waals surface area contributed by atoms with Crippen LogP contribution in [0.4, 0.5) is 0 Å². The summed E-state index contributed by atoms with van der Waals surface area (Å²) < 4.78 is 0. The van der Waals surface area contributed by atoms with E-state index >= 15 is 0 Å². The van der Waals surface area contributed by atoms with E-state index in [1.54, 1.807) is 0 Å². The van der Waals surface area contributed by atoms with Gasteiger partial charge >= 0.3 is 0 Å². The maximum atomic E-state index is 2.21. The molecule has 0 spiro atoms. The molecule has 0 amide bonds. The van der Waals surface area contributed by atoms with Gasteiger partial charge in [-0.25, -0.2) is 12.1 Å². The minimum absolute atomic E-state index is 0. The molecule has 0 heterocycles. The van der Waals surface area contributed by atoms with Gasteiger partial charge in [0.2, 0.25) is 0 Å². The van der Waals surface area contributed by atoms with Crippen LogP contribution in [0.5, 0.6) is 0 Å². The van der Waals surface area contributed by atoms with Gasteiger partial charge in [0.25, 0.3) is 0 Å². The Hall–Kier alpha value is -0.806. The zero-order valence-electron chi connectivity index (χ0n) is 9.35. The van der Waals surface area contributed by atoms with Gasteiger partial charge in [-0.15, -0.1) is 0 Å². The van der Waals surface area contributed by atoms with Crippen molar-refractivity contribution in [2.24, 2.45) is 0 Å². The Morgan fingerprint density at radius 2 is 1.60 bits per heavy atom. The van der Waals surface area contributed by atoms with Gasteiger partial charge in [-0.3, -0.25) is 0 Å². The summed E-state index contributed by atoms with van der Waals surface area (Å²) in [5.74, 6) is 0. The number of hydrogen-bond donors (Lipinski definition) is 0. The summed E-state index contributed by atoms with van der Waals surface area (Å²) in [6.45, 7) is 4.41. The predicted octanol–water partition coefficient (Wildman–Crippen LogP) is 3.93. The van der Waals surface area contributed by atoms with Crippen LogP contribution in [-0.2, 0) is 29.3 Å². The summed E-state index contributed by atoms with van der Waals surface area (Å²) in [4.78, 5) is 0. The molecule has 90 valence electrons. The molecule has 0 fully saturated rings. The van der Waals surface area contributed by atoms with Crippen molar-refractivity contribution in [2.75, 3.05) is 0 Å². The Bertz CT molecular complexity index is 281. The third kappa shape index (κ3) is 4.99. The van der Waals surface area contributed by atoms with Gasteiger partial charge in [-0.2, -0.15) is 17.2 Å². The second-order valence-corrected chi connectivity index (χ2v) is 3.25. The molecule has 0 saturated heterocycles. The molecule has 0 aliphatic carbocycles. The molecule has 0 saturated carbocycles. The molecular weight excluding hydrogens is 227 g/mol. The van der Waals surface area contributed by atoms with Gasteiger partial charge in [0.05, 0.1) is 0 Å². The van der Waals surface area contributed by atoms with Gasteiger partial charge in [0.15, 0.2) is 0 Å². The maximum absolute atomic E-state index is 2.21. The number of rotatable bonds is 2. The van der Waals surface area contributed by atoms with Gasteiger partial charge in [0.1, 0.15) is 0 Å². The van der Waals surface area contributed by atoms with Crippen molar-refractivity contribution in [2.45, 2.75) is 26.7 Å². The van der Waals surface area contributed by atoms with Crippen molar-refractivity contribution in [3.8, 4) is 0 Å². The van der Waals surface area contributed by atoms with Crippen molar-refractivity contribution in [3.05, 3.63) is 59.7 Å². The van der Waals surface area contributed by atoms with Crippen molar-refractivity contribution < 1.29 is 16.5 Å². The fourth-order valence-electron chi connectivity index (χ4n) is 1.51. The molecule has 0 N–H and O–H groups in total. The Kier molecular flexibility index (Phi) is 8.04. The molecule has 0 bridgehead atoms. The first-order valence-electron chi connectivity index (χ1n) is 5.28. The monoisotopic (exact) mass is 244 g/mol. The summed E-state index contributed by atoms with van der Waals surface area (Å²) in [6.07, 6.45) is 2.35. The molecule has 2 aromatic rings. The second-order valence-electron chi connectivity index (χ2n) is 3.25. The molecule has 0 aliphatic rings. The third-order valence-electron chi connectivity index (χ3n) is 2.32. The van der Waals surface area contributed by atoms with Crippen molar-refractivity contribution >= 4 is 0 Å². The molecule has 0 aromatic heterocycles. The summed E-state index contributed by atoms with van der Waals surface area (Å²) in [6, 6.07) is 16.6. The summed E-state index contributed by atoms with van der Waals surface area (Å²) >= 11 is 0. The summed E-state index contributed by atoms with van der Waals surface area (Å²) in [5, 5.41) is 0. The maximum Gasteiger partial charge on any atom is 0 e. The van der Waals surface area contributed by atoms with Crippen LogP contribution in [0.2, 0.25) is 0 Å². The van der Waals surface area contributed by atoms with Gasteiger partial charge in [-0.1, -0.05) is 26.7 Å². The van der Waals surface area contributed by atoms with Crippen LogP contribution in [0.25, 0.3) is 0 Å². The Morgan fingerprint density at radius 1 is 1.07 bits per heavy atom. The Labute approximate surface area is 103 Å². The predicted molar refractivity (Wildman–Crippen MR) is 62.8 cm³/mol. The summed E-state index contributed by atoms with van der Waals surface area (Å²) in [7, 11) is 0. The third-order valence-corrected chi connectivity index (χ3v) is 2.32. The Morgan fingerprint density at radius 3 is 1.93 bits per heavy atom. The summed E-state index contributed by atoms with van der Waals surface area (Å²) in [5.41, 5.74) is 3.02. The van der Waals surface area contributed by atoms with Gasteiger partial charge in [-0.05, 0) is 0 Å². The topological polar surface area (TPSA) is 0 Å². The zero-order valence-corrected chi connectivity index (χ0v) is 10.3. The average molecular weight is 245 g/mol. The van der Waals surface area contributed by atoms with E-state index in [0.29, 0.717) is 0 Å². The molecule has 0 radical (unpaired) electrons. The average Bonchev–Trinajstić information content (AvgIpc) is 2.91. The molecule has 0 nitrogen and oxygen atoms in total. The zero-order chi connectivity index (χ0) is 10.2. The van der Waals surface area contributed by atoms with Crippen LogP contribution in [0.15, 0.2) is 48.5 Å². The van der Waals surface area contributed by atoms with Gasteiger partial charge in [0, 0.05) is 16.5 Å². The molecule has 0 atom stereocenters. The van der Waals surface area contributed by atoms with Crippen LogP contribution in [0, 0.1) is 0 Å². The van der Waals surface area contributed by atoms with E-state index < -0.39 is 0 Å². The van der Waals surface area contributed by atoms with Crippen LogP contribution >= 0.6 is 0 Å². The van der Waals surface area contributed by atoms with E-state index in [9.17, 15) is 0 Å². The van der Waals surface area contributed by atoms with E-state index in [4.69, 9.17) is 0 Å². The first-order valence-corrected chi connectivity index (χ1v) is 5.28. The number of hydrogen-bond acceptors (Lipinski definition) is 0. The largest absolute Gasteiger partial charge is 0.748 e. The SMILES string of the molecule is CCc1ccc[c-]1CC.[Ni].[cH-]1[cH-][cH-][cH-][cH-]1. The molecule has 15 heavy (non-hydrogen) atoms. The molecule has 2 aromatic carbocycles. The number of aryl methyl sites for hydroxylation is 2. The minimum Gasteiger partial charge on any atom is -0.748 e. The Balaban J connectivity index is 0.000000280. The molecular formula is C14H18Ni-6. The standard InChI is InChI=1S/C9H13.C5H5.Ni/c1-3-8-6-5-7-9(8)4-2;1-2-4-5-3-1;/h5-7H,3-4H2,1-2H3;1-5H;/q-1;-5;. The fourth-order valence-corrected chi connectivity index (χ4v) is 1.51. The van der Waals surface area contributed by atoms with Crippen LogP contribution < -0.4 is 0 Å². The van der Waals surface area contributed by atoms with Crippen LogP contribution in [0.3, 0.4) is 0 Å². The minimum atomic E-state index is 0. The quantitative estimate of drug-likeness (QED) is 0.555. The van der Waals surface area contributed by atoms with Crippen molar-refractivity contribution in [3.63, 3.8) is 0 Å². The first-order chi connectivity index (χ1) is 6.88. The van der Waals surface area contributed by atoms with Crippen molar-refractivity contribution in [1.82, 2.24) is 0 Å².